The van der Waals surface area contributed by atoms with E-state index in [4.69, 9.17) is 11.6 Å². The number of halogens is 4. The van der Waals surface area contributed by atoms with Gasteiger partial charge in [0.1, 0.15) is 11.2 Å². The van der Waals surface area contributed by atoms with E-state index in [9.17, 15) is 21.6 Å². The molecule has 1 aliphatic rings. The molecule has 0 saturated carbocycles. The minimum absolute atomic E-state index is 0.0350. The molecule has 10 heteroatoms. The van der Waals surface area contributed by atoms with Gasteiger partial charge in [-0.3, -0.25) is 0 Å². The third-order valence-corrected chi connectivity index (χ3v) is 6.04. The summed E-state index contributed by atoms with van der Waals surface area (Å²) in [6.45, 7) is 0.0854. The zero-order valence-electron chi connectivity index (χ0n) is 12.1. The quantitative estimate of drug-likeness (QED) is 0.807. The number of sulfonamides is 1. The number of hydrogen-bond donors (Lipinski definition) is 0. The second-order valence-corrected chi connectivity index (χ2v) is 7.54. The molecule has 1 aromatic heterocycles. The molecule has 2 aromatic rings. The highest BCUT2D eigenvalue weighted by atomic mass is 35.5. The average molecular weight is 378 g/mol. The monoisotopic (exact) mass is 377 g/mol. The molecule has 0 aliphatic carbocycles. The molecular formula is C14H11ClF3N3O2S. The van der Waals surface area contributed by atoms with Crippen LogP contribution in [0, 0.1) is 0 Å². The van der Waals surface area contributed by atoms with Crippen LogP contribution < -0.4 is 0 Å². The maximum Gasteiger partial charge on any atom is 0.416 e. The van der Waals surface area contributed by atoms with Crippen LogP contribution in [0.4, 0.5) is 13.2 Å². The van der Waals surface area contributed by atoms with Crippen molar-refractivity contribution < 1.29 is 21.6 Å². The van der Waals surface area contributed by atoms with Crippen LogP contribution in [0.2, 0.25) is 5.02 Å². The fourth-order valence-electron chi connectivity index (χ4n) is 2.45. The predicted molar refractivity (Wildman–Crippen MR) is 79.8 cm³/mol. The number of fused-ring (bicyclic) bond motifs is 1. The summed E-state index contributed by atoms with van der Waals surface area (Å²) in [6.07, 6.45) is -1.38. The number of nitrogens with zero attached hydrogens (tertiary/aromatic N) is 3. The van der Waals surface area contributed by atoms with E-state index in [2.05, 4.69) is 9.97 Å². The van der Waals surface area contributed by atoms with Crippen LogP contribution in [0.5, 0.6) is 0 Å². The van der Waals surface area contributed by atoms with Crippen LogP contribution in [0.3, 0.4) is 0 Å². The molecule has 5 nitrogen and oxygen atoms in total. The minimum Gasteiger partial charge on any atom is -0.245 e. The average Bonchev–Trinajstić information content (AvgIpc) is 2.53. The summed E-state index contributed by atoms with van der Waals surface area (Å²) in [4.78, 5) is 7.34. The van der Waals surface area contributed by atoms with Gasteiger partial charge < -0.3 is 0 Å². The van der Waals surface area contributed by atoms with Gasteiger partial charge in [-0.15, -0.1) is 0 Å². The number of rotatable bonds is 2. The molecule has 1 aromatic carbocycles. The highest BCUT2D eigenvalue weighted by Gasteiger charge is 2.35. The zero-order valence-corrected chi connectivity index (χ0v) is 13.7. The maximum absolute atomic E-state index is 12.9. The van der Waals surface area contributed by atoms with Gasteiger partial charge in [-0.1, -0.05) is 11.6 Å². The van der Waals surface area contributed by atoms with Crippen LogP contribution in [0.1, 0.15) is 16.8 Å². The lowest BCUT2D eigenvalue weighted by atomic mass is 10.1. The van der Waals surface area contributed by atoms with Crippen molar-refractivity contribution in [3.05, 3.63) is 52.6 Å². The Morgan fingerprint density at radius 1 is 1.25 bits per heavy atom. The zero-order chi connectivity index (χ0) is 17.5. The van der Waals surface area contributed by atoms with Gasteiger partial charge in [0.2, 0.25) is 10.0 Å². The lowest BCUT2D eigenvalue weighted by Gasteiger charge is -2.27. The van der Waals surface area contributed by atoms with Crippen molar-refractivity contribution in [1.82, 2.24) is 14.3 Å². The van der Waals surface area contributed by atoms with Crippen molar-refractivity contribution in [3.63, 3.8) is 0 Å². The Bertz CT molecular complexity index is 887. The third kappa shape index (κ3) is 3.11. The van der Waals surface area contributed by atoms with Gasteiger partial charge in [-0.2, -0.15) is 17.5 Å². The van der Waals surface area contributed by atoms with E-state index in [-0.39, 0.29) is 18.1 Å². The van der Waals surface area contributed by atoms with E-state index >= 15 is 0 Å². The molecule has 0 bridgehead atoms. The van der Waals surface area contributed by atoms with Crippen molar-refractivity contribution >= 4 is 21.6 Å². The van der Waals surface area contributed by atoms with Crippen molar-refractivity contribution in [2.75, 3.05) is 6.54 Å². The Kier molecular flexibility index (Phi) is 4.27. The largest absolute Gasteiger partial charge is 0.416 e. The van der Waals surface area contributed by atoms with Crippen molar-refractivity contribution in [2.45, 2.75) is 24.0 Å². The number of benzene rings is 1. The van der Waals surface area contributed by atoms with E-state index in [1.165, 1.54) is 6.33 Å². The SMILES string of the molecule is O=S(=O)(c1cc(C(F)(F)F)ccc1Cl)N1CCc2cncnc2C1. The third-order valence-electron chi connectivity index (χ3n) is 3.71. The smallest absolute Gasteiger partial charge is 0.245 e. The predicted octanol–water partition coefficient (Wildman–Crippen LogP) is 2.90. The van der Waals surface area contributed by atoms with Gasteiger partial charge in [-0.25, -0.2) is 18.4 Å². The van der Waals surface area contributed by atoms with E-state index in [1.54, 1.807) is 6.20 Å². The van der Waals surface area contributed by atoms with Gasteiger partial charge in [-0.05, 0) is 30.2 Å². The molecular weight excluding hydrogens is 367 g/mol. The number of alkyl halides is 3. The first-order valence-electron chi connectivity index (χ1n) is 6.84. The topological polar surface area (TPSA) is 63.2 Å². The molecule has 0 saturated heterocycles. The Balaban J connectivity index is 2.00. The molecule has 3 rings (SSSR count). The second-order valence-electron chi connectivity index (χ2n) is 5.23. The molecule has 0 spiro atoms. The first-order valence-corrected chi connectivity index (χ1v) is 8.66. The fourth-order valence-corrected chi connectivity index (χ4v) is 4.35. The summed E-state index contributed by atoms with van der Waals surface area (Å²) in [5.41, 5.74) is 0.284. The van der Waals surface area contributed by atoms with Crippen LogP contribution in [-0.2, 0) is 29.2 Å². The maximum atomic E-state index is 12.9. The summed E-state index contributed by atoms with van der Waals surface area (Å²) in [5.74, 6) is 0. The molecule has 24 heavy (non-hydrogen) atoms. The van der Waals surface area contributed by atoms with Gasteiger partial charge in [0.05, 0.1) is 22.8 Å². The molecule has 1 aliphatic heterocycles. The number of aromatic nitrogens is 2. The minimum atomic E-state index is -4.66. The van der Waals surface area contributed by atoms with Crippen LogP contribution in [0.15, 0.2) is 35.6 Å². The Labute approximate surface area is 141 Å². The van der Waals surface area contributed by atoms with Crippen molar-refractivity contribution in [2.24, 2.45) is 0 Å². The molecule has 0 unspecified atom stereocenters. The lowest BCUT2D eigenvalue weighted by Crippen LogP contribution is -2.36. The Hall–Kier alpha value is -1.71. The Morgan fingerprint density at radius 2 is 2.00 bits per heavy atom. The Morgan fingerprint density at radius 3 is 2.71 bits per heavy atom. The van der Waals surface area contributed by atoms with Gasteiger partial charge in [0.25, 0.3) is 0 Å². The molecule has 0 amide bonds. The fraction of sp³-hybridized carbons (Fsp3) is 0.286. The number of hydrogen-bond acceptors (Lipinski definition) is 4. The van der Waals surface area contributed by atoms with Crippen LogP contribution in [0.25, 0.3) is 0 Å². The second kappa shape index (κ2) is 5.98. The van der Waals surface area contributed by atoms with Gasteiger partial charge in [0, 0.05) is 12.7 Å². The van der Waals surface area contributed by atoms with Crippen molar-refractivity contribution in [3.8, 4) is 0 Å². The van der Waals surface area contributed by atoms with E-state index in [1.807, 2.05) is 0 Å². The molecule has 2 heterocycles. The highest BCUT2D eigenvalue weighted by molar-refractivity contribution is 7.89. The van der Waals surface area contributed by atoms with Gasteiger partial charge >= 0.3 is 6.18 Å². The molecule has 128 valence electrons. The van der Waals surface area contributed by atoms with Crippen LogP contribution in [-0.4, -0.2) is 29.2 Å². The van der Waals surface area contributed by atoms with Crippen molar-refractivity contribution in [1.29, 1.82) is 0 Å². The molecule has 0 N–H and O–H groups in total. The summed E-state index contributed by atoms with van der Waals surface area (Å²) in [6, 6.07) is 2.25. The van der Waals surface area contributed by atoms with Crippen LogP contribution >= 0.6 is 11.6 Å². The normalized spacial score (nSPS) is 16.0. The molecule has 0 atom stereocenters. The first kappa shape index (κ1) is 17.1. The highest BCUT2D eigenvalue weighted by Crippen LogP contribution is 2.35. The molecule has 0 radical (unpaired) electrons. The van der Waals surface area contributed by atoms with E-state index in [0.29, 0.717) is 18.2 Å². The summed E-state index contributed by atoms with van der Waals surface area (Å²) >= 11 is 5.85. The standard InChI is InChI=1S/C14H11ClF3N3O2S/c15-11-2-1-10(14(16,17)18)5-13(11)24(22,23)21-4-3-9-6-19-8-20-12(9)7-21/h1-2,5-6,8H,3-4,7H2. The molecule has 0 fully saturated rings. The first-order chi connectivity index (χ1) is 11.2. The summed E-state index contributed by atoms with van der Waals surface area (Å²) in [5, 5.41) is -0.253. The van der Waals surface area contributed by atoms with E-state index < -0.39 is 26.7 Å². The van der Waals surface area contributed by atoms with Gasteiger partial charge in [0.15, 0.2) is 0 Å². The summed E-state index contributed by atoms with van der Waals surface area (Å²) < 4.78 is 65.1. The van der Waals surface area contributed by atoms with E-state index in [0.717, 1.165) is 22.0 Å². The lowest BCUT2D eigenvalue weighted by molar-refractivity contribution is -0.137. The summed E-state index contributed by atoms with van der Waals surface area (Å²) in [7, 11) is -4.18.